The van der Waals surface area contributed by atoms with Crippen molar-refractivity contribution in [2.75, 3.05) is 12.9 Å². The third-order valence-electron chi connectivity index (χ3n) is 5.51. The van der Waals surface area contributed by atoms with Crippen molar-refractivity contribution in [1.29, 1.82) is 0 Å². The Morgan fingerprint density at radius 2 is 1.81 bits per heavy atom. The third-order valence-corrected chi connectivity index (χ3v) is 8.55. The zero-order chi connectivity index (χ0) is 22.3. The summed E-state index contributed by atoms with van der Waals surface area (Å²) in [7, 11) is -3.67. The van der Waals surface area contributed by atoms with Crippen LogP contribution in [0.1, 0.15) is 38.2 Å². The average Bonchev–Trinajstić information content (AvgIpc) is 2.77. The molecule has 3 rings (SSSR count). The van der Waals surface area contributed by atoms with Gasteiger partial charge in [-0.25, -0.2) is 18.7 Å². The Kier molecular flexibility index (Phi) is 8.16. The van der Waals surface area contributed by atoms with Gasteiger partial charge in [0.25, 0.3) is 5.91 Å². The summed E-state index contributed by atoms with van der Waals surface area (Å²) in [5, 5.41) is 0. The van der Waals surface area contributed by atoms with Gasteiger partial charge >= 0.3 is 0 Å². The molecule has 31 heavy (non-hydrogen) atoms. The summed E-state index contributed by atoms with van der Waals surface area (Å²) < 4.78 is 28.8. The van der Waals surface area contributed by atoms with Crippen LogP contribution in [-0.2, 0) is 30.6 Å². The zero-order valence-corrected chi connectivity index (χ0v) is 19.5. The minimum atomic E-state index is -3.67. The minimum Gasteiger partial charge on any atom is -0.350 e. The average molecular weight is 464 g/mol. The molecular weight excluding hydrogens is 434 g/mol. The van der Waals surface area contributed by atoms with E-state index in [-0.39, 0.29) is 6.42 Å². The monoisotopic (exact) mass is 463 g/mol. The standard InChI is InChI=1S/C23H29NO5S2/c1-23(31(2,26)27,22(25)24-29-21-10-6-7-17-28-21)16-15-18-11-13-20(14-12-18)30-19-8-4-3-5-9-19/h3-5,8-9,11-14,21H,6-7,10,15-17H2,1-2H3,(H,24,25). The first-order valence-electron chi connectivity index (χ1n) is 10.4. The van der Waals surface area contributed by atoms with E-state index in [1.54, 1.807) is 11.8 Å². The first-order chi connectivity index (χ1) is 14.8. The van der Waals surface area contributed by atoms with Gasteiger partial charge in [0.1, 0.15) is 4.75 Å². The molecule has 1 saturated heterocycles. The molecule has 2 unspecified atom stereocenters. The van der Waals surface area contributed by atoms with Gasteiger partial charge in [0.05, 0.1) is 0 Å². The number of sulfone groups is 1. The van der Waals surface area contributed by atoms with E-state index >= 15 is 0 Å². The molecule has 1 heterocycles. The van der Waals surface area contributed by atoms with Crippen LogP contribution in [0.5, 0.6) is 0 Å². The van der Waals surface area contributed by atoms with Crippen LogP contribution in [-0.4, -0.2) is 38.2 Å². The number of carbonyl (C=O) groups is 1. The van der Waals surface area contributed by atoms with Gasteiger partial charge in [-0.15, -0.1) is 0 Å². The fourth-order valence-corrected chi connectivity index (χ4v) is 4.92. The van der Waals surface area contributed by atoms with Crippen LogP contribution in [0.3, 0.4) is 0 Å². The second-order valence-corrected chi connectivity index (χ2v) is 11.5. The number of amides is 1. The largest absolute Gasteiger partial charge is 0.350 e. The number of aryl methyl sites for hydroxylation is 1. The smallest absolute Gasteiger partial charge is 0.264 e. The predicted octanol–water partition coefficient (Wildman–Crippen LogP) is 4.15. The molecule has 8 heteroatoms. The second-order valence-electron chi connectivity index (χ2n) is 7.91. The zero-order valence-electron chi connectivity index (χ0n) is 17.9. The van der Waals surface area contributed by atoms with Crippen LogP contribution >= 0.6 is 11.8 Å². The third kappa shape index (κ3) is 6.55. The first-order valence-corrected chi connectivity index (χ1v) is 13.1. The van der Waals surface area contributed by atoms with Crippen LogP contribution in [0.2, 0.25) is 0 Å². The number of nitrogens with one attached hydrogen (secondary N) is 1. The van der Waals surface area contributed by atoms with E-state index in [1.165, 1.54) is 6.92 Å². The highest BCUT2D eigenvalue weighted by atomic mass is 32.2. The highest BCUT2D eigenvalue weighted by Crippen LogP contribution is 2.29. The maximum atomic E-state index is 12.8. The maximum Gasteiger partial charge on any atom is 0.264 e. The number of hydroxylamine groups is 1. The fourth-order valence-electron chi connectivity index (χ4n) is 3.23. The molecule has 0 aliphatic carbocycles. The summed E-state index contributed by atoms with van der Waals surface area (Å²) in [6, 6.07) is 18.0. The van der Waals surface area contributed by atoms with Gasteiger partial charge in [-0.1, -0.05) is 42.1 Å². The molecule has 2 aromatic carbocycles. The molecule has 1 amide bonds. The molecule has 0 bridgehead atoms. The van der Waals surface area contributed by atoms with Crippen molar-refractivity contribution in [3.8, 4) is 0 Å². The molecule has 2 aromatic rings. The predicted molar refractivity (Wildman–Crippen MR) is 121 cm³/mol. The Labute approximate surface area is 188 Å². The topological polar surface area (TPSA) is 81.7 Å². The SMILES string of the molecule is CC(CCc1ccc(Sc2ccccc2)cc1)(C(=O)NOC1CCCCO1)S(C)(=O)=O. The van der Waals surface area contributed by atoms with Gasteiger partial charge in [0, 0.05) is 29.1 Å². The normalized spacial score (nSPS) is 18.8. The molecular formula is C23H29NO5S2. The Balaban J connectivity index is 1.60. The fraction of sp³-hybridized carbons (Fsp3) is 0.435. The maximum absolute atomic E-state index is 12.8. The van der Waals surface area contributed by atoms with E-state index in [0.717, 1.165) is 34.5 Å². The summed E-state index contributed by atoms with van der Waals surface area (Å²) in [6.45, 7) is 2.02. The van der Waals surface area contributed by atoms with Crippen LogP contribution < -0.4 is 5.48 Å². The summed E-state index contributed by atoms with van der Waals surface area (Å²) in [6.07, 6.45) is 3.73. The molecule has 2 atom stereocenters. The van der Waals surface area contributed by atoms with Gasteiger partial charge in [-0.05, 0) is 62.4 Å². The van der Waals surface area contributed by atoms with Gasteiger partial charge in [-0.3, -0.25) is 4.79 Å². The van der Waals surface area contributed by atoms with E-state index in [4.69, 9.17) is 9.57 Å². The summed E-state index contributed by atoms with van der Waals surface area (Å²) in [4.78, 5) is 20.3. The number of carbonyl (C=O) groups excluding carboxylic acids is 1. The molecule has 1 fully saturated rings. The quantitative estimate of drug-likeness (QED) is 0.563. The molecule has 1 N–H and O–H groups in total. The number of rotatable bonds is 9. The van der Waals surface area contributed by atoms with Gasteiger partial charge in [-0.2, -0.15) is 0 Å². The molecule has 168 valence electrons. The second kappa shape index (κ2) is 10.6. The highest BCUT2D eigenvalue weighted by molar-refractivity contribution is 7.99. The van der Waals surface area contributed by atoms with Crippen molar-refractivity contribution in [3.05, 3.63) is 60.2 Å². The van der Waals surface area contributed by atoms with Crippen LogP contribution in [0.25, 0.3) is 0 Å². The van der Waals surface area contributed by atoms with Crippen molar-refractivity contribution in [2.24, 2.45) is 0 Å². The molecule has 0 radical (unpaired) electrons. The lowest BCUT2D eigenvalue weighted by Gasteiger charge is -2.28. The summed E-state index contributed by atoms with van der Waals surface area (Å²) in [5.74, 6) is -0.666. The summed E-state index contributed by atoms with van der Waals surface area (Å²) >= 11 is 1.66. The van der Waals surface area contributed by atoms with E-state index < -0.39 is 26.8 Å². The minimum absolute atomic E-state index is 0.151. The van der Waals surface area contributed by atoms with Gasteiger partial charge in [0.15, 0.2) is 16.1 Å². The number of hydrogen-bond donors (Lipinski definition) is 1. The molecule has 6 nitrogen and oxygen atoms in total. The lowest BCUT2D eigenvalue weighted by Crippen LogP contribution is -2.51. The van der Waals surface area contributed by atoms with E-state index in [2.05, 4.69) is 17.6 Å². The van der Waals surface area contributed by atoms with Gasteiger partial charge in [0.2, 0.25) is 0 Å². The number of ether oxygens (including phenoxy) is 1. The van der Waals surface area contributed by atoms with Crippen molar-refractivity contribution < 1.29 is 22.8 Å². The van der Waals surface area contributed by atoms with Gasteiger partial charge < -0.3 is 4.74 Å². The molecule has 0 spiro atoms. The molecule has 1 aliphatic heterocycles. The lowest BCUT2D eigenvalue weighted by atomic mass is 9.99. The van der Waals surface area contributed by atoms with E-state index in [0.29, 0.717) is 19.4 Å². The highest BCUT2D eigenvalue weighted by Gasteiger charge is 2.43. The van der Waals surface area contributed by atoms with Crippen molar-refractivity contribution in [3.63, 3.8) is 0 Å². The lowest BCUT2D eigenvalue weighted by molar-refractivity contribution is -0.201. The Morgan fingerprint density at radius 1 is 1.13 bits per heavy atom. The number of hydrogen-bond acceptors (Lipinski definition) is 6. The van der Waals surface area contributed by atoms with E-state index in [1.807, 2.05) is 42.5 Å². The summed E-state index contributed by atoms with van der Waals surface area (Å²) in [5.41, 5.74) is 3.29. The molecule has 0 aromatic heterocycles. The first kappa shape index (κ1) is 23.8. The molecule has 0 saturated carbocycles. The van der Waals surface area contributed by atoms with E-state index in [9.17, 15) is 13.2 Å². The molecule has 1 aliphatic rings. The number of benzene rings is 2. The Hall–Kier alpha value is -1.87. The van der Waals surface area contributed by atoms with Crippen LogP contribution in [0.4, 0.5) is 0 Å². The van der Waals surface area contributed by atoms with Crippen molar-refractivity contribution in [1.82, 2.24) is 5.48 Å². The van der Waals surface area contributed by atoms with Crippen LogP contribution in [0.15, 0.2) is 64.4 Å². The van der Waals surface area contributed by atoms with Crippen molar-refractivity contribution >= 4 is 27.5 Å². The Morgan fingerprint density at radius 3 is 2.42 bits per heavy atom. The Bertz CT molecular complexity index is 957. The van der Waals surface area contributed by atoms with Crippen molar-refractivity contribution in [2.45, 2.75) is 59.9 Å². The van der Waals surface area contributed by atoms with Crippen LogP contribution in [0, 0.1) is 0 Å².